The molecule has 0 spiro atoms. The average Bonchev–Trinajstić information content (AvgIpc) is 2.95. The van der Waals surface area contributed by atoms with E-state index in [1.54, 1.807) is 11.3 Å². The maximum Gasteiger partial charge on any atom is 0.326 e. The van der Waals surface area contributed by atoms with E-state index in [2.05, 4.69) is 10.1 Å². The normalized spacial score (nSPS) is 11.7. The molecule has 116 valence electrons. The molecule has 1 amide bonds. The lowest BCUT2D eigenvalue weighted by Gasteiger charge is -2.13. The smallest absolute Gasteiger partial charge is 0.326 e. The molecule has 1 atom stereocenters. The fraction of sp³-hybridized carbons (Fsp3) is 0.500. The number of carboxylic acid groups (broad SMARTS) is 1. The molecule has 0 fully saturated rings. The summed E-state index contributed by atoms with van der Waals surface area (Å²) in [4.78, 5) is 34.9. The van der Waals surface area contributed by atoms with Crippen molar-refractivity contribution in [2.45, 2.75) is 38.1 Å². The Morgan fingerprint density at radius 1 is 1.38 bits per heavy atom. The van der Waals surface area contributed by atoms with E-state index in [1.165, 1.54) is 12.0 Å². The summed E-state index contributed by atoms with van der Waals surface area (Å²) in [6.07, 6.45) is 1.71. The number of esters is 1. The molecule has 7 heteroatoms. The molecule has 6 nitrogen and oxygen atoms in total. The van der Waals surface area contributed by atoms with Crippen molar-refractivity contribution in [1.82, 2.24) is 5.32 Å². The monoisotopic (exact) mass is 313 g/mol. The van der Waals surface area contributed by atoms with Crippen molar-refractivity contribution in [1.29, 1.82) is 0 Å². The molecule has 0 unspecified atom stereocenters. The van der Waals surface area contributed by atoms with E-state index >= 15 is 0 Å². The number of hydrogen-bond donors (Lipinski definition) is 2. The lowest BCUT2D eigenvalue weighted by Crippen LogP contribution is -2.41. The van der Waals surface area contributed by atoms with Gasteiger partial charge in [0.05, 0.1) is 7.11 Å². The van der Waals surface area contributed by atoms with Gasteiger partial charge in [-0.05, 0) is 30.7 Å². The first-order chi connectivity index (χ1) is 10.0. The molecule has 0 aliphatic carbocycles. The van der Waals surface area contributed by atoms with Gasteiger partial charge >= 0.3 is 11.9 Å². The Bertz CT molecular complexity index is 472. The Hall–Kier alpha value is -1.89. The molecule has 0 aliphatic heterocycles. The number of hydrogen-bond acceptors (Lipinski definition) is 5. The van der Waals surface area contributed by atoms with Crippen molar-refractivity contribution in [3.63, 3.8) is 0 Å². The van der Waals surface area contributed by atoms with Gasteiger partial charge < -0.3 is 15.2 Å². The number of thiophene rings is 1. The van der Waals surface area contributed by atoms with Crippen molar-refractivity contribution in [2.24, 2.45) is 0 Å². The molecule has 2 N–H and O–H groups in total. The van der Waals surface area contributed by atoms with E-state index in [0.717, 1.165) is 6.42 Å². The highest BCUT2D eigenvalue weighted by atomic mass is 32.1. The van der Waals surface area contributed by atoms with Crippen LogP contribution in [0, 0.1) is 0 Å². The number of nitrogens with one attached hydrogen (secondary N) is 1. The van der Waals surface area contributed by atoms with Crippen molar-refractivity contribution < 1.29 is 24.2 Å². The minimum atomic E-state index is -1.15. The largest absolute Gasteiger partial charge is 0.480 e. The van der Waals surface area contributed by atoms with Crippen molar-refractivity contribution >= 4 is 29.2 Å². The van der Waals surface area contributed by atoms with E-state index < -0.39 is 18.0 Å². The summed E-state index contributed by atoms with van der Waals surface area (Å²) in [5.41, 5.74) is 0. The Labute approximate surface area is 127 Å². The number of aliphatic carboxylic acids is 1. The zero-order valence-corrected chi connectivity index (χ0v) is 12.6. The molecule has 1 aromatic rings. The van der Waals surface area contributed by atoms with Crippen molar-refractivity contribution in [3.8, 4) is 0 Å². The summed E-state index contributed by atoms with van der Waals surface area (Å²) in [5.74, 6) is -1.96. The molecular formula is C14H19NO5S. The number of amides is 1. The van der Waals surface area contributed by atoms with Gasteiger partial charge in [0, 0.05) is 17.7 Å². The molecule has 1 rings (SSSR count). The molecule has 1 aromatic heterocycles. The summed E-state index contributed by atoms with van der Waals surface area (Å²) in [7, 11) is 1.24. The van der Waals surface area contributed by atoms with Crippen LogP contribution in [0.1, 0.15) is 30.6 Å². The minimum absolute atomic E-state index is 0.0265. The third kappa shape index (κ3) is 6.89. The zero-order chi connectivity index (χ0) is 15.7. The van der Waals surface area contributed by atoms with Gasteiger partial charge in [0.25, 0.3) is 0 Å². The number of carbonyl (C=O) groups excluding carboxylic acids is 2. The highest BCUT2D eigenvalue weighted by Crippen LogP contribution is 2.12. The van der Waals surface area contributed by atoms with Crippen LogP contribution in [0.4, 0.5) is 0 Å². The summed E-state index contributed by atoms with van der Waals surface area (Å²) in [6.45, 7) is 0. The molecule has 0 saturated carbocycles. The van der Waals surface area contributed by atoms with Gasteiger partial charge in [0.2, 0.25) is 5.91 Å². The maximum absolute atomic E-state index is 11.7. The standard InChI is InChI=1S/C14H19NO5S/c1-20-13(17)8-7-11(14(18)19)15-12(16)6-2-4-10-5-3-9-21-10/h3,5,9,11H,2,4,6-8H2,1H3,(H,15,16)(H,18,19)/t11-/m0/s1. The number of carbonyl (C=O) groups is 3. The summed E-state index contributed by atoms with van der Waals surface area (Å²) in [5, 5.41) is 13.4. The molecule has 0 saturated heterocycles. The van der Waals surface area contributed by atoms with E-state index in [0.29, 0.717) is 6.42 Å². The van der Waals surface area contributed by atoms with Crippen LogP contribution in [0.5, 0.6) is 0 Å². The predicted octanol–water partition coefficient (Wildman–Crippen LogP) is 1.59. The van der Waals surface area contributed by atoms with E-state index in [4.69, 9.17) is 5.11 Å². The number of carboxylic acids is 1. The van der Waals surface area contributed by atoms with Crippen LogP contribution in [-0.2, 0) is 25.5 Å². The first kappa shape index (κ1) is 17.2. The number of methoxy groups -OCH3 is 1. The molecule has 21 heavy (non-hydrogen) atoms. The Morgan fingerprint density at radius 3 is 2.71 bits per heavy atom. The Balaban J connectivity index is 2.31. The third-order valence-corrected chi connectivity index (χ3v) is 3.84. The summed E-state index contributed by atoms with van der Waals surface area (Å²) in [6, 6.07) is 2.89. The summed E-state index contributed by atoms with van der Waals surface area (Å²) < 4.78 is 4.45. The Morgan fingerprint density at radius 2 is 2.14 bits per heavy atom. The lowest BCUT2D eigenvalue weighted by molar-refractivity contribution is -0.144. The highest BCUT2D eigenvalue weighted by Gasteiger charge is 2.20. The topological polar surface area (TPSA) is 92.7 Å². The van der Waals surface area contributed by atoms with Crippen LogP contribution < -0.4 is 5.32 Å². The van der Waals surface area contributed by atoms with Crippen molar-refractivity contribution in [3.05, 3.63) is 22.4 Å². The lowest BCUT2D eigenvalue weighted by atomic mass is 10.1. The van der Waals surface area contributed by atoms with Crippen LogP contribution >= 0.6 is 11.3 Å². The van der Waals surface area contributed by atoms with Gasteiger partial charge in [-0.25, -0.2) is 4.79 Å². The van der Waals surface area contributed by atoms with Crippen LogP contribution in [0.15, 0.2) is 17.5 Å². The van der Waals surface area contributed by atoms with Crippen LogP contribution in [0.2, 0.25) is 0 Å². The molecule has 1 heterocycles. The second kappa shape index (κ2) is 9.12. The van der Waals surface area contributed by atoms with Crippen LogP contribution in [-0.4, -0.2) is 36.1 Å². The highest BCUT2D eigenvalue weighted by molar-refractivity contribution is 7.09. The van der Waals surface area contributed by atoms with Gasteiger partial charge in [-0.15, -0.1) is 11.3 Å². The number of ether oxygens (including phenoxy) is 1. The van der Waals surface area contributed by atoms with Crippen LogP contribution in [0.3, 0.4) is 0 Å². The average molecular weight is 313 g/mol. The third-order valence-electron chi connectivity index (χ3n) is 2.91. The first-order valence-corrected chi connectivity index (χ1v) is 7.52. The quantitative estimate of drug-likeness (QED) is 0.675. The van der Waals surface area contributed by atoms with Gasteiger partial charge in [0.15, 0.2) is 0 Å². The molecule has 0 aromatic carbocycles. The SMILES string of the molecule is COC(=O)CC[C@H](NC(=O)CCCc1cccs1)C(=O)O. The maximum atomic E-state index is 11.7. The second-order valence-electron chi connectivity index (χ2n) is 4.51. The predicted molar refractivity (Wildman–Crippen MR) is 78.1 cm³/mol. The van der Waals surface area contributed by atoms with Gasteiger partial charge in [-0.3, -0.25) is 9.59 Å². The second-order valence-corrected chi connectivity index (χ2v) is 5.54. The Kier molecular flexibility index (Phi) is 7.45. The first-order valence-electron chi connectivity index (χ1n) is 6.64. The van der Waals surface area contributed by atoms with Gasteiger partial charge in [-0.2, -0.15) is 0 Å². The van der Waals surface area contributed by atoms with E-state index in [9.17, 15) is 14.4 Å². The molecule has 0 aliphatic rings. The zero-order valence-electron chi connectivity index (χ0n) is 11.8. The van der Waals surface area contributed by atoms with Gasteiger partial charge in [-0.1, -0.05) is 6.07 Å². The minimum Gasteiger partial charge on any atom is -0.480 e. The van der Waals surface area contributed by atoms with Gasteiger partial charge in [0.1, 0.15) is 6.04 Å². The van der Waals surface area contributed by atoms with E-state index in [1.807, 2.05) is 17.5 Å². The molecule has 0 radical (unpaired) electrons. The van der Waals surface area contributed by atoms with E-state index in [-0.39, 0.29) is 25.2 Å². The van der Waals surface area contributed by atoms with Crippen LogP contribution in [0.25, 0.3) is 0 Å². The molecular weight excluding hydrogens is 294 g/mol. The molecule has 0 bridgehead atoms. The number of aryl methyl sites for hydroxylation is 1. The fourth-order valence-electron chi connectivity index (χ4n) is 1.77. The fourth-order valence-corrected chi connectivity index (χ4v) is 2.52. The van der Waals surface area contributed by atoms with Crippen molar-refractivity contribution in [2.75, 3.05) is 7.11 Å². The summed E-state index contributed by atoms with van der Waals surface area (Å²) >= 11 is 1.63. The number of rotatable bonds is 9.